The number of hydrogen-bond acceptors (Lipinski definition) is 4. The number of ether oxygens (including phenoxy) is 1. The first-order valence-electron chi connectivity index (χ1n) is 7.06. The van der Waals surface area contributed by atoms with Gasteiger partial charge in [-0.3, -0.25) is 4.79 Å². The van der Waals surface area contributed by atoms with E-state index in [1.807, 2.05) is 6.07 Å². The van der Waals surface area contributed by atoms with Gasteiger partial charge in [-0.2, -0.15) is 0 Å². The fraction of sp³-hybridized carbons (Fsp3) is 0. The summed E-state index contributed by atoms with van der Waals surface area (Å²) in [7, 11) is 0. The molecule has 24 heavy (non-hydrogen) atoms. The Morgan fingerprint density at radius 1 is 0.917 bits per heavy atom. The van der Waals surface area contributed by atoms with Crippen LogP contribution in [0.1, 0.15) is 20.9 Å². The van der Waals surface area contributed by atoms with Crippen molar-refractivity contribution in [1.29, 1.82) is 0 Å². The predicted octanol–water partition coefficient (Wildman–Crippen LogP) is 4.51. The normalized spacial score (nSPS) is 10.2. The number of benzene rings is 2. The lowest BCUT2D eigenvalue weighted by Crippen LogP contribution is -2.11. The molecule has 0 fully saturated rings. The fourth-order valence-corrected chi connectivity index (χ4v) is 2.29. The second-order valence-electron chi connectivity index (χ2n) is 4.84. The third kappa shape index (κ3) is 3.91. The number of anilines is 1. The van der Waals surface area contributed by atoms with Crippen LogP contribution < -0.4 is 10.1 Å². The van der Waals surface area contributed by atoms with Gasteiger partial charge in [-0.1, -0.05) is 18.2 Å². The molecule has 0 bridgehead atoms. The van der Waals surface area contributed by atoms with Crippen molar-refractivity contribution in [1.82, 2.24) is 0 Å². The number of rotatable bonds is 4. The smallest absolute Gasteiger partial charge is 0.379 e. The van der Waals surface area contributed by atoms with Crippen molar-refractivity contribution < 1.29 is 18.7 Å². The number of furan rings is 1. The summed E-state index contributed by atoms with van der Waals surface area (Å²) >= 11 is 3.12. The van der Waals surface area contributed by atoms with E-state index >= 15 is 0 Å². The molecule has 2 aromatic carbocycles. The molecule has 120 valence electrons. The number of amides is 1. The molecule has 0 aliphatic rings. The second-order valence-corrected chi connectivity index (χ2v) is 5.62. The average molecular weight is 386 g/mol. The van der Waals surface area contributed by atoms with Crippen LogP contribution in [-0.4, -0.2) is 11.9 Å². The first-order chi connectivity index (χ1) is 11.6. The average Bonchev–Trinajstić information content (AvgIpc) is 3.04. The Hall–Kier alpha value is -2.86. The number of carbonyl (C=O) groups is 2. The van der Waals surface area contributed by atoms with Crippen LogP contribution in [0, 0.1) is 0 Å². The highest BCUT2D eigenvalue weighted by Gasteiger charge is 2.13. The largest absolute Gasteiger partial charge is 0.442 e. The molecule has 1 N–H and O–H groups in total. The maximum atomic E-state index is 12.1. The Labute approximate surface area is 146 Å². The van der Waals surface area contributed by atoms with Gasteiger partial charge < -0.3 is 14.5 Å². The lowest BCUT2D eigenvalue weighted by atomic mass is 10.2. The van der Waals surface area contributed by atoms with E-state index < -0.39 is 5.97 Å². The SMILES string of the molecule is O=C(Nc1ccc(OC(=O)c2ccc(Br)o2)cc1)c1ccccc1. The second kappa shape index (κ2) is 7.14. The van der Waals surface area contributed by atoms with Crippen molar-refractivity contribution in [2.45, 2.75) is 0 Å². The van der Waals surface area contributed by atoms with E-state index in [1.54, 1.807) is 54.6 Å². The van der Waals surface area contributed by atoms with Crippen LogP contribution in [0.5, 0.6) is 5.75 Å². The minimum absolute atomic E-state index is 0.100. The van der Waals surface area contributed by atoms with Crippen LogP contribution in [0.15, 0.2) is 75.8 Å². The molecule has 3 aromatic rings. The standard InChI is InChI=1S/C18H12BrNO4/c19-16-11-10-15(24-16)18(22)23-14-8-6-13(7-9-14)20-17(21)12-4-2-1-3-5-12/h1-11H,(H,20,21). The highest BCUT2D eigenvalue weighted by atomic mass is 79.9. The van der Waals surface area contributed by atoms with Gasteiger partial charge in [0.05, 0.1) is 0 Å². The summed E-state index contributed by atoms with van der Waals surface area (Å²) in [4.78, 5) is 23.9. The predicted molar refractivity (Wildman–Crippen MR) is 92.2 cm³/mol. The van der Waals surface area contributed by atoms with E-state index in [0.717, 1.165) is 0 Å². The van der Waals surface area contributed by atoms with E-state index in [9.17, 15) is 9.59 Å². The molecule has 0 saturated heterocycles. The molecular weight excluding hydrogens is 374 g/mol. The maximum Gasteiger partial charge on any atom is 0.379 e. The lowest BCUT2D eigenvalue weighted by Gasteiger charge is -2.07. The van der Waals surface area contributed by atoms with Crippen LogP contribution in [-0.2, 0) is 0 Å². The van der Waals surface area contributed by atoms with Gasteiger partial charge in [-0.05, 0) is 64.5 Å². The maximum absolute atomic E-state index is 12.1. The van der Waals surface area contributed by atoms with Crippen LogP contribution in [0.3, 0.4) is 0 Å². The molecule has 1 heterocycles. The molecule has 1 amide bonds. The lowest BCUT2D eigenvalue weighted by molar-refractivity contribution is 0.0699. The van der Waals surface area contributed by atoms with E-state index in [1.165, 1.54) is 6.07 Å². The van der Waals surface area contributed by atoms with Gasteiger partial charge in [-0.15, -0.1) is 0 Å². The summed E-state index contributed by atoms with van der Waals surface area (Å²) in [5.41, 5.74) is 1.17. The van der Waals surface area contributed by atoms with E-state index in [2.05, 4.69) is 21.2 Å². The third-order valence-corrected chi connectivity index (χ3v) is 3.56. The molecule has 0 atom stereocenters. The number of esters is 1. The quantitative estimate of drug-likeness (QED) is 0.529. The molecule has 0 spiro atoms. The fourth-order valence-electron chi connectivity index (χ4n) is 1.98. The van der Waals surface area contributed by atoms with Crippen LogP contribution in [0.4, 0.5) is 5.69 Å². The number of halogens is 1. The Morgan fingerprint density at radius 3 is 2.25 bits per heavy atom. The van der Waals surface area contributed by atoms with Gasteiger partial charge in [0.1, 0.15) is 5.75 Å². The molecule has 0 unspecified atom stereocenters. The number of nitrogens with one attached hydrogen (secondary N) is 1. The van der Waals surface area contributed by atoms with E-state index in [0.29, 0.717) is 21.7 Å². The zero-order valence-corrected chi connectivity index (χ0v) is 13.9. The first kappa shape index (κ1) is 16.0. The van der Waals surface area contributed by atoms with Gasteiger partial charge in [0.2, 0.25) is 5.76 Å². The zero-order chi connectivity index (χ0) is 16.9. The van der Waals surface area contributed by atoms with Gasteiger partial charge in [0.15, 0.2) is 4.67 Å². The van der Waals surface area contributed by atoms with Gasteiger partial charge in [0.25, 0.3) is 5.91 Å². The minimum Gasteiger partial charge on any atom is -0.442 e. The topological polar surface area (TPSA) is 68.5 Å². The molecule has 0 aliphatic heterocycles. The monoisotopic (exact) mass is 385 g/mol. The Balaban J connectivity index is 1.63. The highest BCUT2D eigenvalue weighted by Crippen LogP contribution is 2.20. The third-order valence-electron chi connectivity index (χ3n) is 3.13. The van der Waals surface area contributed by atoms with E-state index in [4.69, 9.17) is 9.15 Å². The number of carbonyl (C=O) groups excluding carboxylic acids is 2. The number of hydrogen-bond donors (Lipinski definition) is 1. The summed E-state index contributed by atoms with van der Waals surface area (Å²) < 4.78 is 10.8. The van der Waals surface area contributed by atoms with Gasteiger partial charge in [-0.25, -0.2) is 4.79 Å². The zero-order valence-electron chi connectivity index (χ0n) is 12.4. The highest BCUT2D eigenvalue weighted by molar-refractivity contribution is 9.10. The Morgan fingerprint density at radius 2 is 1.62 bits per heavy atom. The molecule has 5 nitrogen and oxygen atoms in total. The van der Waals surface area contributed by atoms with Crippen molar-refractivity contribution in [2.75, 3.05) is 5.32 Å². The van der Waals surface area contributed by atoms with Crippen molar-refractivity contribution >= 4 is 33.5 Å². The summed E-state index contributed by atoms with van der Waals surface area (Å²) in [6.45, 7) is 0. The first-order valence-corrected chi connectivity index (χ1v) is 7.85. The summed E-state index contributed by atoms with van der Waals surface area (Å²) in [5, 5.41) is 2.77. The van der Waals surface area contributed by atoms with Crippen LogP contribution in [0.25, 0.3) is 0 Å². The van der Waals surface area contributed by atoms with Gasteiger partial charge >= 0.3 is 5.97 Å². The summed E-state index contributed by atoms with van der Waals surface area (Å²) in [5.74, 6) is -0.351. The van der Waals surface area contributed by atoms with Crippen LogP contribution >= 0.6 is 15.9 Å². The summed E-state index contributed by atoms with van der Waals surface area (Å²) in [6, 6.07) is 18.5. The molecule has 6 heteroatoms. The molecule has 0 radical (unpaired) electrons. The molecule has 1 aromatic heterocycles. The van der Waals surface area contributed by atoms with Crippen molar-refractivity contribution in [3.8, 4) is 5.75 Å². The molecule has 3 rings (SSSR count). The Bertz CT molecular complexity index is 856. The molecular formula is C18H12BrNO4. The Kier molecular flexibility index (Phi) is 4.77. The minimum atomic E-state index is -0.596. The van der Waals surface area contributed by atoms with E-state index in [-0.39, 0.29) is 11.7 Å². The summed E-state index contributed by atoms with van der Waals surface area (Å²) in [6.07, 6.45) is 0. The molecule has 0 aliphatic carbocycles. The van der Waals surface area contributed by atoms with Crippen LogP contribution in [0.2, 0.25) is 0 Å². The van der Waals surface area contributed by atoms with Crippen molar-refractivity contribution in [3.05, 3.63) is 82.7 Å². The van der Waals surface area contributed by atoms with Crippen molar-refractivity contribution in [3.63, 3.8) is 0 Å². The van der Waals surface area contributed by atoms with Gasteiger partial charge in [0, 0.05) is 11.3 Å². The molecule has 0 saturated carbocycles. The van der Waals surface area contributed by atoms with Crippen molar-refractivity contribution in [2.24, 2.45) is 0 Å².